The lowest BCUT2D eigenvalue weighted by molar-refractivity contribution is -0.131. The van der Waals surface area contributed by atoms with Gasteiger partial charge in [-0.1, -0.05) is 0 Å². The monoisotopic (exact) mass is 346 g/mol. The van der Waals surface area contributed by atoms with Gasteiger partial charge >= 0.3 is 0 Å². The molecule has 1 aromatic heterocycles. The van der Waals surface area contributed by atoms with Crippen molar-refractivity contribution in [3.63, 3.8) is 0 Å². The molecular weight excluding hydrogens is 324 g/mol. The Hall–Kier alpha value is -0.390. The van der Waals surface area contributed by atoms with E-state index in [-0.39, 0.29) is 11.4 Å². The van der Waals surface area contributed by atoms with E-state index in [0.29, 0.717) is 13.0 Å². The zero-order valence-corrected chi connectivity index (χ0v) is 14.5. The summed E-state index contributed by atoms with van der Waals surface area (Å²) < 4.78 is 1.11. The third-order valence-electron chi connectivity index (χ3n) is 2.70. The second-order valence-electron chi connectivity index (χ2n) is 5.54. The Morgan fingerprint density at radius 1 is 1.42 bits per heavy atom. The molecule has 0 spiro atoms. The van der Waals surface area contributed by atoms with Crippen LogP contribution in [-0.4, -0.2) is 29.4 Å². The van der Waals surface area contributed by atoms with E-state index in [2.05, 4.69) is 48.1 Å². The van der Waals surface area contributed by atoms with Crippen molar-refractivity contribution in [3.05, 3.63) is 20.8 Å². The molecule has 19 heavy (non-hydrogen) atoms. The van der Waals surface area contributed by atoms with Gasteiger partial charge in [0.15, 0.2) is 0 Å². The summed E-state index contributed by atoms with van der Waals surface area (Å²) in [6.45, 7) is 10.5. The van der Waals surface area contributed by atoms with Gasteiger partial charge in [0.25, 0.3) is 0 Å². The number of halogens is 1. The van der Waals surface area contributed by atoms with Gasteiger partial charge in [-0.3, -0.25) is 4.79 Å². The fraction of sp³-hybridized carbons (Fsp3) is 0.643. The van der Waals surface area contributed by atoms with E-state index < -0.39 is 0 Å². The van der Waals surface area contributed by atoms with E-state index in [4.69, 9.17) is 0 Å². The van der Waals surface area contributed by atoms with Gasteiger partial charge in [0.1, 0.15) is 0 Å². The number of nitrogens with one attached hydrogen (secondary N) is 1. The summed E-state index contributed by atoms with van der Waals surface area (Å²) in [5.41, 5.74) is 0.0654. The third kappa shape index (κ3) is 6.54. The standard InChI is InChI=1S/C14H23BrN2OS/c1-5-17(10-11-6-7-12(15)19-11)13(18)8-9-16-14(2,3)4/h6-7,16H,5,8-10H2,1-4H3. The van der Waals surface area contributed by atoms with Crippen molar-refractivity contribution in [1.29, 1.82) is 0 Å². The zero-order valence-electron chi connectivity index (χ0n) is 12.1. The summed E-state index contributed by atoms with van der Waals surface area (Å²) >= 11 is 5.13. The average molecular weight is 347 g/mol. The first-order valence-electron chi connectivity index (χ1n) is 6.59. The Morgan fingerprint density at radius 2 is 2.11 bits per heavy atom. The molecular formula is C14H23BrN2OS. The van der Waals surface area contributed by atoms with Crippen LogP contribution in [0.25, 0.3) is 0 Å². The maximum absolute atomic E-state index is 12.2. The van der Waals surface area contributed by atoms with Crippen LogP contribution < -0.4 is 5.32 Å². The molecule has 1 rings (SSSR count). The Balaban J connectivity index is 2.43. The van der Waals surface area contributed by atoms with Crippen LogP contribution in [0.1, 0.15) is 39.0 Å². The Labute approximate surface area is 128 Å². The molecule has 5 heteroatoms. The predicted octanol–water partition coefficient (Wildman–Crippen LogP) is 3.64. The maximum Gasteiger partial charge on any atom is 0.224 e. The van der Waals surface area contributed by atoms with Gasteiger partial charge in [-0.25, -0.2) is 0 Å². The van der Waals surface area contributed by atoms with Crippen LogP contribution in [0.15, 0.2) is 15.9 Å². The van der Waals surface area contributed by atoms with Crippen LogP contribution >= 0.6 is 27.3 Å². The van der Waals surface area contributed by atoms with Gasteiger partial charge in [-0.15, -0.1) is 11.3 Å². The number of thiophene rings is 1. The third-order valence-corrected chi connectivity index (χ3v) is 4.31. The number of hydrogen-bond acceptors (Lipinski definition) is 3. The first-order chi connectivity index (χ1) is 8.81. The van der Waals surface area contributed by atoms with Gasteiger partial charge < -0.3 is 10.2 Å². The van der Waals surface area contributed by atoms with E-state index in [1.165, 1.54) is 4.88 Å². The molecule has 108 valence electrons. The summed E-state index contributed by atoms with van der Waals surface area (Å²) in [5, 5.41) is 3.35. The van der Waals surface area contributed by atoms with Crippen molar-refractivity contribution in [3.8, 4) is 0 Å². The molecule has 0 aliphatic rings. The lowest BCUT2D eigenvalue weighted by atomic mass is 10.1. The molecule has 1 N–H and O–H groups in total. The van der Waals surface area contributed by atoms with Gasteiger partial charge in [-0.05, 0) is 55.8 Å². The first kappa shape index (κ1) is 16.7. The molecule has 0 bridgehead atoms. The molecule has 1 amide bonds. The Morgan fingerprint density at radius 3 is 2.58 bits per heavy atom. The fourth-order valence-electron chi connectivity index (χ4n) is 1.70. The highest BCUT2D eigenvalue weighted by Gasteiger charge is 2.14. The van der Waals surface area contributed by atoms with Gasteiger partial charge in [0, 0.05) is 29.9 Å². The lowest BCUT2D eigenvalue weighted by Gasteiger charge is -2.23. The highest BCUT2D eigenvalue weighted by molar-refractivity contribution is 9.11. The first-order valence-corrected chi connectivity index (χ1v) is 8.20. The van der Waals surface area contributed by atoms with Gasteiger partial charge in [-0.2, -0.15) is 0 Å². The number of nitrogens with zero attached hydrogens (tertiary/aromatic N) is 1. The Kier molecular flexibility index (Phi) is 6.50. The number of hydrogen-bond donors (Lipinski definition) is 1. The summed E-state index contributed by atoms with van der Waals surface area (Å²) in [7, 11) is 0. The fourth-order valence-corrected chi connectivity index (χ4v) is 3.20. The van der Waals surface area contributed by atoms with Gasteiger partial charge in [0.05, 0.1) is 10.3 Å². The molecule has 0 fully saturated rings. The van der Waals surface area contributed by atoms with E-state index in [9.17, 15) is 4.79 Å². The van der Waals surface area contributed by atoms with Crippen molar-refractivity contribution in [2.24, 2.45) is 0 Å². The second-order valence-corrected chi connectivity index (χ2v) is 8.09. The average Bonchev–Trinajstić information content (AvgIpc) is 2.69. The number of carbonyl (C=O) groups is 1. The smallest absolute Gasteiger partial charge is 0.224 e. The van der Waals surface area contributed by atoms with E-state index in [1.807, 2.05) is 17.9 Å². The minimum Gasteiger partial charge on any atom is -0.338 e. The van der Waals surface area contributed by atoms with E-state index in [0.717, 1.165) is 16.9 Å². The van der Waals surface area contributed by atoms with Gasteiger partial charge in [0.2, 0.25) is 5.91 Å². The van der Waals surface area contributed by atoms with Crippen molar-refractivity contribution in [2.45, 2.75) is 46.2 Å². The highest BCUT2D eigenvalue weighted by Crippen LogP contribution is 2.23. The molecule has 0 unspecified atom stereocenters. The largest absolute Gasteiger partial charge is 0.338 e. The lowest BCUT2D eigenvalue weighted by Crippen LogP contribution is -2.39. The van der Waals surface area contributed by atoms with Crippen molar-refractivity contribution in [2.75, 3.05) is 13.1 Å². The van der Waals surface area contributed by atoms with Crippen LogP contribution in [0.3, 0.4) is 0 Å². The van der Waals surface area contributed by atoms with E-state index >= 15 is 0 Å². The molecule has 0 atom stereocenters. The molecule has 0 saturated heterocycles. The SMILES string of the molecule is CCN(Cc1ccc(Br)s1)C(=O)CCNC(C)(C)C. The molecule has 1 heterocycles. The second kappa shape index (κ2) is 7.41. The van der Waals surface area contributed by atoms with Crippen molar-refractivity contribution < 1.29 is 4.79 Å². The van der Waals surface area contributed by atoms with Crippen LogP contribution in [-0.2, 0) is 11.3 Å². The van der Waals surface area contributed by atoms with Crippen LogP contribution in [0.5, 0.6) is 0 Å². The molecule has 0 radical (unpaired) electrons. The van der Waals surface area contributed by atoms with Crippen LogP contribution in [0.4, 0.5) is 0 Å². The Bertz CT molecular complexity index is 412. The number of carbonyl (C=O) groups excluding carboxylic acids is 1. The highest BCUT2D eigenvalue weighted by atomic mass is 79.9. The minimum absolute atomic E-state index is 0.0654. The molecule has 0 aromatic carbocycles. The number of rotatable bonds is 6. The van der Waals surface area contributed by atoms with E-state index in [1.54, 1.807) is 11.3 Å². The summed E-state index contributed by atoms with van der Waals surface area (Å²) in [6.07, 6.45) is 0.553. The topological polar surface area (TPSA) is 32.3 Å². The molecule has 1 aromatic rings. The number of amides is 1. The minimum atomic E-state index is 0.0654. The zero-order chi connectivity index (χ0) is 14.5. The van der Waals surface area contributed by atoms with Crippen molar-refractivity contribution >= 4 is 33.2 Å². The normalized spacial score (nSPS) is 11.6. The molecule has 0 aliphatic heterocycles. The molecule has 0 saturated carbocycles. The molecule has 3 nitrogen and oxygen atoms in total. The maximum atomic E-state index is 12.2. The van der Waals surface area contributed by atoms with Crippen LogP contribution in [0, 0.1) is 0 Å². The summed E-state index contributed by atoms with van der Waals surface area (Å²) in [6, 6.07) is 4.09. The summed E-state index contributed by atoms with van der Waals surface area (Å²) in [5.74, 6) is 0.212. The summed E-state index contributed by atoms with van der Waals surface area (Å²) in [4.78, 5) is 15.3. The van der Waals surface area contributed by atoms with Crippen molar-refractivity contribution in [1.82, 2.24) is 10.2 Å². The molecule has 0 aliphatic carbocycles. The quantitative estimate of drug-likeness (QED) is 0.852. The predicted molar refractivity (Wildman–Crippen MR) is 85.5 cm³/mol. The van der Waals surface area contributed by atoms with Crippen LogP contribution in [0.2, 0.25) is 0 Å².